The Balaban J connectivity index is 1.99. The number of amides is 2. The zero-order valence-corrected chi connectivity index (χ0v) is 14.5. The zero-order valence-electron chi connectivity index (χ0n) is 14.5. The van der Waals surface area contributed by atoms with E-state index in [9.17, 15) is 9.59 Å². The van der Waals surface area contributed by atoms with Crippen LogP contribution < -0.4 is 5.32 Å². The first-order valence-electron chi connectivity index (χ1n) is 8.66. The molecule has 1 atom stereocenters. The van der Waals surface area contributed by atoms with E-state index in [0.717, 1.165) is 55.5 Å². The lowest BCUT2D eigenvalue weighted by Gasteiger charge is -2.32. The van der Waals surface area contributed by atoms with Crippen LogP contribution in [-0.2, 0) is 4.79 Å². The van der Waals surface area contributed by atoms with Gasteiger partial charge in [0.15, 0.2) is 0 Å². The van der Waals surface area contributed by atoms with Gasteiger partial charge in [0.1, 0.15) is 0 Å². The smallest absolute Gasteiger partial charge is 0.253 e. The molecule has 0 unspecified atom stereocenters. The van der Waals surface area contributed by atoms with Crippen LogP contribution in [0.3, 0.4) is 0 Å². The summed E-state index contributed by atoms with van der Waals surface area (Å²) in [5.41, 5.74) is 2.92. The molecule has 1 aromatic carbocycles. The van der Waals surface area contributed by atoms with Crippen molar-refractivity contribution in [2.24, 2.45) is 5.92 Å². The number of carbonyl (C=O) groups excluding carboxylic acids is 2. The Labute approximate surface area is 139 Å². The minimum absolute atomic E-state index is 0.0443. The van der Waals surface area contributed by atoms with Crippen LogP contribution in [0.5, 0.6) is 0 Å². The molecule has 0 radical (unpaired) electrons. The number of nitrogens with zero attached hydrogens (tertiary/aromatic N) is 1. The van der Waals surface area contributed by atoms with Crippen molar-refractivity contribution in [1.82, 2.24) is 10.2 Å². The number of likely N-dealkylation sites (tertiary alicyclic amines) is 1. The summed E-state index contributed by atoms with van der Waals surface area (Å²) in [6.07, 6.45) is 3.84. The van der Waals surface area contributed by atoms with Crippen molar-refractivity contribution in [2.75, 3.05) is 19.6 Å². The molecule has 0 aliphatic carbocycles. The van der Waals surface area contributed by atoms with E-state index in [4.69, 9.17) is 0 Å². The fourth-order valence-corrected chi connectivity index (χ4v) is 3.19. The number of benzene rings is 1. The molecule has 0 bridgehead atoms. The maximum Gasteiger partial charge on any atom is 0.253 e. The molecule has 0 spiro atoms. The fourth-order valence-electron chi connectivity index (χ4n) is 3.19. The highest BCUT2D eigenvalue weighted by Crippen LogP contribution is 2.20. The third-order valence-electron chi connectivity index (χ3n) is 4.38. The van der Waals surface area contributed by atoms with Crippen LogP contribution in [0.15, 0.2) is 18.2 Å². The molecule has 126 valence electrons. The van der Waals surface area contributed by atoms with Crippen molar-refractivity contribution in [3.63, 3.8) is 0 Å². The molecule has 4 nitrogen and oxygen atoms in total. The monoisotopic (exact) mass is 316 g/mol. The van der Waals surface area contributed by atoms with Gasteiger partial charge in [-0.1, -0.05) is 30.5 Å². The fraction of sp³-hybridized carbons (Fsp3) is 0.579. The lowest BCUT2D eigenvalue weighted by molar-refractivity contribution is -0.126. The van der Waals surface area contributed by atoms with Gasteiger partial charge in [0, 0.05) is 25.2 Å². The predicted octanol–water partition coefficient (Wildman–Crippen LogP) is 3.07. The number of aryl methyl sites for hydroxylation is 2. The summed E-state index contributed by atoms with van der Waals surface area (Å²) in [7, 11) is 0. The van der Waals surface area contributed by atoms with Crippen molar-refractivity contribution < 1.29 is 9.59 Å². The van der Waals surface area contributed by atoms with E-state index in [-0.39, 0.29) is 17.7 Å². The summed E-state index contributed by atoms with van der Waals surface area (Å²) >= 11 is 0. The van der Waals surface area contributed by atoms with Crippen molar-refractivity contribution >= 4 is 11.8 Å². The van der Waals surface area contributed by atoms with E-state index in [0.29, 0.717) is 6.54 Å². The number of carbonyl (C=O) groups is 2. The first kappa shape index (κ1) is 17.5. The summed E-state index contributed by atoms with van der Waals surface area (Å²) in [5, 5.41) is 2.99. The average Bonchev–Trinajstić information content (AvgIpc) is 2.53. The number of hydrogen-bond donors (Lipinski definition) is 1. The summed E-state index contributed by atoms with van der Waals surface area (Å²) in [6.45, 7) is 8.12. The molecular formula is C19H28N2O2. The molecule has 1 saturated heterocycles. The molecule has 4 heteroatoms. The minimum atomic E-state index is -0.0736. The minimum Gasteiger partial charge on any atom is -0.356 e. The zero-order chi connectivity index (χ0) is 16.8. The Morgan fingerprint density at radius 3 is 2.57 bits per heavy atom. The maximum absolute atomic E-state index is 12.7. The summed E-state index contributed by atoms with van der Waals surface area (Å²) < 4.78 is 0. The Hall–Kier alpha value is -1.84. The number of nitrogens with one attached hydrogen (secondary N) is 1. The second kappa shape index (κ2) is 8.14. The lowest BCUT2D eigenvalue weighted by atomic mass is 9.96. The van der Waals surface area contributed by atoms with Crippen molar-refractivity contribution in [3.8, 4) is 0 Å². The van der Waals surface area contributed by atoms with Crippen molar-refractivity contribution in [3.05, 3.63) is 34.9 Å². The van der Waals surface area contributed by atoms with Crippen LogP contribution in [0, 0.1) is 19.8 Å². The molecule has 23 heavy (non-hydrogen) atoms. The van der Waals surface area contributed by atoms with Crippen LogP contribution in [0.4, 0.5) is 0 Å². The SMILES string of the molecule is CCCCNC(=O)[C@H]1CCCN(C(=O)c2cc(C)cc(C)c2)C1. The van der Waals surface area contributed by atoms with Crippen LogP contribution in [-0.4, -0.2) is 36.3 Å². The molecule has 0 saturated carbocycles. The Bertz CT molecular complexity index is 548. The summed E-state index contributed by atoms with van der Waals surface area (Å²) in [6, 6.07) is 5.93. The average molecular weight is 316 g/mol. The van der Waals surface area contributed by atoms with Crippen LogP contribution in [0.25, 0.3) is 0 Å². The Morgan fingerprint density at radius 1 is 1.22 bits per heavy atom. The molecule has 2 rings (SSSR count). The highest BCUT2D eigenvalue weighted by atomic mass is 16.2. The van der Waals surface area contributed by atoms with Gasteiger partial charge in [-0.25, -0.2) is 0 Å². The standard InChI is InChI=1S/C19H28N2O2/c1-4-5-8-20-18(22)16-7-6-9-21(13-16)19(23)17-11-14(2)10-15(3)12-17/h10-12,16H,4-9,13H2,1-3H3,(H,20,22)/t16-/m0/s1. The highest BCUT2D eigenvalue weighted by Gasteiger charge is 2.28. The molecule has 1 heterocycles. The highest BCUT2D eigenvalue weighted by molar-refractivity contribution is 5.95. The van der Waals surface area contributed by atoms with E-state index in [1.54, 1.807) is 0 Å². The van der Waals surface area contributed by atoms with Gasteiger partial charge in [0.2, 0.25) is 5.91 Å². The van der Waals surface area contributed by atoms with Crippen molar-refractivity contribution in [1.29, 1.82) is 0 Å². The first-order chi connectivity index (χ1) is 11.0. The van der Waals surface area contributed by atoms with Gasteiger partial charge in [0.25, 0.3) is 5.91 Å². The quantitative estimate of drug-likeness (QED) is 0.849. The second-order valence-electron chi connectivity index (χ2n) is 6.61. The van der Waals surface area contributed by atoms with Gasteiger partial charge in [-0.3, -0.25) is 9.59 Å². The van der Waals surface area contributed by atoms with Gasteiger partial charge in [0.05, 0.1) is 5.92 Å². The molecule has 1 aliphatic heterocycles. The second-order valence-corrected chi connectivity index (χ2v) is 6.61. The molecular weight excluding hydrogens is 288 g/mol. The van der Waals surface area contributed by atoms with Gasteiger partial charge in [-0.15, -0.1) is 0 Å². The van der Waals surface area contributed by atoms with Crippen LogP contribution in [0.2, 0.25) is 0 Å². The van der Waals surface area contributed by atoms with Crippen LogP contribution >= 0.6 is 0 Å². The van der Waals surface area contributed by atoms with Gasteiger partial charge >= 0.3 is 0 Å². The molecule has 0 aromatic heterocycles. The lowest BCUT2D eigenvalue weighted by Crippen LogP contribution is -2.45. The van der Waals surface area contributed by atoms with Gasteiger partial charge in [-0.2, -0.15) is 0 Å². The normalized spacial score (nSPS) is 17.9. The number of rotatable bonds is 5. The summed E-state index contributed by atoms with van der Waals surface area (Å²) in [5.74, 6) is 0.0645. The van der Waals surface area contributed by atoms with Crippen LogP contribution in [0.1, 0.15) is 54.1 Å². The molecule has 1 aromatic rings. The van der Waals surface area contributed by atoms with E-state index >= 15 is 0 Å². The molecule has 1 aliphatic rings. The number of hydrogen-bond acceptors (Lipinski definition) is 2. The number of piperidine rings is 1. The largest absolute Gasteiger partial charge is 0.356 e. The topological polar surface area (TPSA) is 49.4 Å². The van der Waals surface area contributed by atoms with Gasteiger partial charge in [-0.05, 0) is 45.2 Å². The molecule has 1 N–H and O–H groups in total. The first-order valence-corrected chi connectivity index (χ1v) is 8.66. The number of unbranched alkanes of at least 4 members (excludes halogenated alkanes) is 1. The molecule has 1 fully saturated rings. The van der Waals surface area contributed by atoms with E-state index < -0.39 is 0 Å². The van der Waals surface area contributed by atoms with E-state index in [1.807, 2.05) is 30.9 Å². The Morgan fingerprint density at radius 2 is 1.91 bits per heavy atom. The maximum atomic E-state index is 12.7. The predicted molar refractivity (Wildman–Crippen MR) is 92.5 cm³/mol. The van der Waals surface area contributed by atoms with Crippen molar-refractivity contribution in [2.45, 2.75) is 46.5 Å². The third kappa shape index (κ3) is 4.81. The van der Waals surface area contributed by atoms with Gasteiger partial charge < -0.3 is 10.2 Å². The summed E-state index contributed by atoms with van der Waals surface area (Å²) in [4.78, 5) is 26.8. The van der Waals surface area contributed by atoms with E-state index in [2.05, 4.69) is 18.3 Å². The molecule has 2 amide bonds. The third-order valence-corrected chi connectivity index (χ3v) is 4.38. The Kier molecular flexibility index (Phi) is 6.20. The van der Waals surface area contributed by atoms with E-state index in [1.165, 1.54) is 0 Å².